The molecule has 0 saturated carbocycles. The average Bonchev–Trinajstić information content (AvgIpc) is 2.27. The highest BCUT2D eigenvalue weighted by molar-refractivity contribution is 7.62. The summed E-state index contributed by atoms with van der Waals surface area (Å²) in [6, 6.07) is 9.00. The van der Waals surface area contributed by atoms with Gasteiger partial charge in [-0.15, -0.1) is 0 Å². The lowest BCUT2D eigenvalue weighted by molar-refractivity contribution is 0.243. The van der Waals surface area contributed by atoms with E-state index in [0.29, 0.717) is 11.9 Å². The number of rotatable bonds is 5. The van der Waals surface area contributed by atoms with Crippen molar-refractivity contribution in [1.29, 1.82) is 0 Å². The van der Waals surface area contributed by atoms with Gasteiger partial charge >= 0.3 is 7.60 Å². The van der Waals surface area contributed by atoms with Gasteiger partial charge in [0.15, 0.2) is 0 Å². The van der Waals surface area contributed by atoms with Crippen molar-refractivity contribution in [2.24, 2.45) is 0 Å². The predicted octanol–water partition coefficient (Wildman–Crippen LogP) is 2.58. The first-order valence-corrected chi connectivity index (χ1v) is 6.13. The van der Waals surface area contributed by atoms with E-state index in [4.69, 9.17) is 9.05 Å². The summed E-state index contributed by atoms with van der Waals surface area (Å²) < 4.78 is 22.3. The van der Waals surface area contributed by atoms with Crippen LogP contribution in [-0.4, -0.2) is 13.7 Å². The number of hydrogen-bond acceptors (Lipinski definition) is 3. The van der Waals surface area contributed by atoms with Crippen molar-refractivity contribution in [1.82, 2.24) is 0 Å². The molecule has 0 N–H and O–H groups in total. The Kier molecular flexibility index (Phi) is 4.33. The maximum absolute atomic E-state index is 12.1. The van der Waals surface area contributed by atoms with E-state index in [1.165, 1.54) is 7.11 Å². The molecule has 0 aliphatic rings. The fraction of sp³-hybridized carbons (Fsp3) is 0.400. The van der Waals surface area contributed by atoms with Gasteiger partial charge in [0.1, 0.15) is 0 Å². The molecule has 0 amide bonds. The van der Waals surface area contributed by atoms with Gasteiger partial charge in [0.05, 0.1) is 11.9 Å². The quantitative estimate of drug-likeness (QED) is 0.706. The highest BCUT2D eigenvalue weighted by Crippen LogP contribution is 2.45. The first kappa shape index (κ1) is 11.4. The Bertz CT molecular complexity index is 310. The average molecular weight is 214 g/mol. The maximum atomic E-state index is 12.1. The third-order valence-corrected chi connectivity index (χ3v) is 3.71. The zero-order valence-electron chi connectivity index (χ0n) is 8.47. The molecule has 4 heteroatoms. The summed E-state index contributed by atoms with van der Waals surface area (Å²) in [7, 11) is -1.66. The molecule has 1 rings (SSSR count). The molecule has 0 bridgehead atoms. The molecule has 1 unspecified atom stereocenters. The van der Waals surface area contributed by atoms with Crippen LogP contribution in [0.15, 0.2) is 30.3 Å². The van der Waals surface area contributed by atoms with E-state index in [2.05, 4.69) is 0 Å². The second-order valence-electron chi connectivity index (χ2n) is 2.85. The third-order valence-electron chi connectivity index (χ3n) is 1.78. The molecule has 0 fully saturated rings. The number of hydrogen-bond donors (Lipinski definition) is 0. The molecule has 0 radical (unpaired) electrons. The summed E-state index contributed by atoms with van der Waals surface area (Å²) >= 11 is 0. The molecule has 0 saturated heterocycles. The van der Waals surface area contributed by atoms with Gasteiger partial charge in [-0.1, -0.05) is 25.1 Å². The van der Waals surface area contributed by atoms with Crippen LogP contribution in [0.4, 0.5) is 0 Å². The zero-order chi connectivity index (χ0) is 10.4. The van der Waals surface area contributed by atoms with Crippen LogP contribution in [0.3, 0.4) is 0 Å². The summed E-state index contributed by atoms with van der Waals surface area (Å²) in [6.07, 6.45) is 0.820. The largest absolute Gasteiger partial charge is 0.361 e. The van der Waals surface area contributed by atoms with Crippen molar-refractivity contribution in [3.63, 3.8) is 0 Å². The maximum Gasteiger partial charge on any atom is 0.361 e. The van der Waals surface area contributed by atoms with E-state index in [1.54, 1.807) is 12.1 Å². The molecule has 0 aliphatic heterocycles. The molecular weight excluding hydrogens is 199 g/mol. The van der Waals surface area contributed by atoms with Crippen LogP contribution >= 0.6 is 7.60 Å². The predicted molar refractivity (Wildman–Crippen MR) is 56.9 cm³/mol. The molecule has 0 heterocycles. The molecule has 1 atom stereocenters. The Morgan fingerprint density at radius 2 is 1.93 bits per heavy atom. The Morgan fingerprint density at radius 3 is 2.43 bits per heavy atom. The van der Waals surface area contributed by atoms with Gasteiger partial charge in [0.25, 0.3) is 0 Å². The summed E-state index contributed by atoms with van der Waals surface area (Å²) in [5.74, 6) is 0. The second kappa shape index (κ2) is 5.30. The topological polar surface area (TPSA) is 35.5 Å². The van der Waals surface area contributed by atoms with Gasteiger partial charge in [-0.05, 0) is 18.6 Å². The summed E-state index contributed by atoms with van der Waals surface area (Å²) in [4.78, 5) is 0. The van der Waals surface area contributed by atoms with Crippen molar-refractivity contribution < 1.29 is 13.6 Å². The Hall–Kier alpha value is -0.630. The van der Waals surface area contributed by atoms with E-state index in [0.717, 1.165) is 6.42 Å². The molecule has 0 aliphatic carbocycles. The molecule has 14 heavy (non-hydrogen) atoms. The van der Waals surface area contributed by atoms with Crippen molar-refractivity contribution in [3.05, 3.63) is 30.3 Å². The lowest BCUT2D eigenvalue weighted by atomic mass is 10.4. The van der Waals surface area contributed by atoms with Crippen LogP contribution in [0.5, 0.6) is 0 Å². The SMILES string of the molecule is CCCOP(=O)(OC)c1ccccc1. The fourth-order valence-electron chi connectivity index (χ4n) is 1.05. The van der Waals surface area contributed by atoms with Crippen LogP contribution in [-0.2, 0) is 13.6 Å². The van der Waals surface area contributed by atoms with Crippen molar-refractivity contribution in [3.8, 4) is 0 Å². The fourth-order valence-corrected chi connectivity index (χ4v) is 2.48. The molecular formula is C10H15O3P. The van der Waals surface area contributed by atoms with Gasteiger partial charge in [-0.3, -0.25) is 4.57 Å². The lowest BCUT2D eigenvalue weighted by Crippen LogP contribution is -2.08. The highest BCUT2D eigenvalue weighted by atomic mass is 31.2. The Labute approximate surface area is 84.6 Å². The lowest BCUT2D eigenvalue weighted by Gasteiger charge is -2.15. The van der Waals surface area contributed by atoms with Gasteiger partial charge in [-0.25, -0.2) is 0 Å². The molecule has 1 aromatic rings. The number of benzene rings is 1. The van der Waals surface area contributed by atoms with Crippen LogP contribution in [0.2, 0.25) is 0 Å². The van der Waals surface area contributed by atoms with Crippen LogP contribution < -0.4 is 5.30 Å². The molecule has 3 nitrogen and oxygen atoms in total. The molecule has 1 aromatic carbocycles. The van der Waals surface area contributed by atoms with Gasteiger partial charge in [-0.2, -0.15) is 0 Å². The van der Waals surface area contributed by atoms with E-state index in [1.807, 2.05) is 25.1 Å². The molecule has 0 spiro atoms. The normalized spacial score (nSPS) is 15.0. The van der Waals surface area contributed by atoms with E-state index < -0.39 is 7.60 Å². The third kappa shape index (κ3) is 2.68. The van der Waals surface area contributed by atoms with Crippen LogP contribution in [0.1, 0.15) is 13.3 Å². The summed E-state index contributed by atoms with van der Waals surface area (Å²) in [5, 5.41) is 0.607. The minimum absolute atomic E-state index is 0.444. The minimum Gasteiger partial charge on any atom is -0.309 e. The second-order valence-corrected chi connectivity index (χ2v) is 4.98. The van der Waals surface area contributed by atoms with E-state index >= 15 is 0 Å². The standard InChI is InChI=1S/C10H15O3P/c1-3-9-13-14(11,12-2)10-7-5-4-6-8-10/h4-8H,3,9H2,1-2H3. The summed E-state index contributed by atoms with van der Waals surface area (Å²) in [5.41, 5.74) is 0. The molecule has 0 aromatic heterocycles. The Morgan fingerprint density at radius 1 is 1.29 bits per heavy atom. The van der Waals surface area contributed by atoms with Crippen molar-refractivity contribution in [2.45, 2.75) is 13.3 Å². The van der Waals surface area contributed by atoms with Gasteiger partial charge in [0, 0.05) is 7.11 Å². The first-order valence-electron chi connectivity index (χ1n) is 4.59. The Balaban J connectivity index is 2.85. The minimum atomic E-state index is -3.07. The van der Waals surface area contributed by atoms with Crippen molar-refractivity contribution in [2.75, 3.05) is 13.7 Å². The smallest absolute Gasteiger partial charge is 0.309 e. The monoisotopic (exact) mass is 214 g/mol. The molecule has 78 valence electrons. The van der Waals surface area contributed by atoms with Gasteiger partial charge < -0.3 is 9.05 Å². The highest BCUT2D eigenvalue weighted by Gasteiger charge is 2.24. The van der Waals surface area contributed by atoms with E-state index in [9.17, 15) is 4.57 Å². The van der Waals surface area contributed by atoms with Crippen LogP contribution in [0.25, 0.3) is 0 Å². The van der Waals surface area contributed by atoms with Gasteiger partial charge in [0.2, 0.25) is 0 Å². The summed E-state index contributed by atoms with van der Waals surface area (Å²) in [6.45, 7) is 2.41. The van der Waals surface area contributed by atoms with Crippen molar-refractivity contribution >= 4 is 12.9 Å². The zero-order valence-corrected chi connectivity index (χ0v) is 9.37. The van der Waals surface area contributed by atoms with Crippen LogP contribution in [0, 0.1) is 0 Å². The van der Waals surface area contributed by atoms with E-state index in [-0.39, 0.29) is 0 Å². The first-order chi connectivity index (χ1) is 6.73.